The van der Waals surface area contributed by atoms with Crippen molar-refractivity contribution in [3.8, 4) is 22.5 Å². The first-order valence-electron chi connectivity index (χ1n) is 9.91. The number of imidazole rings is 1. The van der Waals surface area contributed by atoms with Gasteiger partial charge in [-0.15, -0.1) is 0 Å². The van der Waals surface area contributed by atoms with Crippen molar-refractivity contribution in [2.24, 2.45) is 5.92 Å². The number of nitrogen functional groups attached to an aromatic ring is 1. The highest BCUT2D eigenvalue weighted by Gasteiger charge is 2.17. The van der Waals surface area contributed by atoms with E-state index in [4.69, 9.17) is 15.6 Å². The van der Waals surface area contributed by atoms with Gasteiger partial charge in [-0.1, -0.05) is 50.2 Å². The predicted octanol–water partition coefficient (Wildman–Crippen LogP) is 4.19. The van der Waals surface area contributed by atoms with Gasteiger partial charge in [-0.05, 0) is 25.0 Å². The summed E-state index contributed by atoms with van der Waals surface area (Å²) in [5.41, 5.74) is 11.7. The summed E-state index contributed by atoms with van der Waals surface area (Å²) in [6, 6.07) is 16.2. The Morgan fingerprint density at radius 1 is 1.00 bits per heavy atom. The fourth-order valence-electron chi connectivity index (χ4n) is 3.41. The van der Waals surface area contributed by atoms with E-state index in [0.717, 1.165) is 40.1 Å². The Balaban J connectivity index is 1.84. The first-order valence-corrected chi connectivity index (χ1v) is 9.91. The third kappa shape index (κ3) is 3.86. The van der Waals surface area contributed by atoms with Crippen molar-refractivity contribution in [1.29, 1.82) is 0 Å². The molecule has 4 aromatic rings. The maximum Gasteiger partial charge on any atom is 0.201 e. The van der Waals surface area contributed by atoms with E-state index >= 15 is 0 Å². The third-order valence-electron chi connectivity index (χ3n) is 4.71. The average molecular weight is 390 g/mol. The summed E-state index contributed by atoms with van der Waals surface area (Å²) in [6.07, 6.45) is 0. The molecule has 0 aliphatic carbocycles. The normalized spacial score (nSPS) is 11.6. The Bertz CT molecular complexity index is 1110. The van der Waals surface area contributed by atoms with Crippen LogP contribution in [0, 0.1) is 5.92 Å². The van der Waals surface area contributed by atoms with Crippen molar-refractivity contribution < 1.29 is 4.74 Å². The lowest BCUT2D eigenvalue weighted by Crippen LogP contribution is -2.07. The van der Waals surface area contributed by atoms with Crippen LogP contribution in [0.15, 0.2) is 48.5 Å². The lowest BCUT2D eigenvalue weighted by Gasteiger charge is -2.09. The number of nitrogens with two attached hydrogens (primary N) is 1. The van der Waals surface area contributed by atoms with Crippen molar-refractivity contribution in [3.63, 3.8) is 0 Å². The zero-order valence-corrected chi connectivity index (χ0v) is 17.0. The maximum absolute atomic E-state index is 6.17. The SMILES string of the molecule is CCOCn1nc(-c2ccccc2)c(-c2ccc3nc(N)n(CC(C)C)c3c2)n1. The molecule has 0 spiro atoms. The quantitative estimate of drug-likeness (QED) is 0.511. The molecule has 7 nitrogen and oxygen atoms in total. The number of fused-ring (bicyclic) bond motifs is 1. The molecule has 2 heterocycles. The molecule has 29 heavy (non-hydrogen) atoms. The third-order valence-corrected chi connectivity index (χ3v) is 4.71. The topological polar surface area (TPSA) is 83.8 Å². The molecular formula is C22H26N6O. The molecule has 0 unspecified atom stereocenters. The summed E-state index contributed by atoms with van der Waals surface area (Å²) in [5.74, 6) is 0.999. The van der Waals surface area contributed by atoms with E-state index in [1.165, 1.54) is 0 Å². The van der Waals surface area contributed by atoms with Gasteiger partial charge < -0.3 is 15.0 Å². The highest BCUT2D eigenvalue weighted by molar-refractivity contribution is 5.86. The van der Waals surface area contributed by atoms with Gasteiger partial charge in [0, 0.05) is 24.3 Å². The molecule has 0 atom stereocenters. The van der Waals surface area contributed by atoms with E-state index < -0.39 is 0 Å². The van der Waals surface area contributed by atoms with E-state index in [1.807, 2.05) is 49.4 Å². The second-order valence-electron chi connectivity index (χ2n) is 7.44. The molecule has 7 heteroatoms. The van der Waals surface area contributed by atoms with E-state index in [0.29, 0.717) is 25.2 Å². The molecule has 150 valence electrons. The highest BCUT2D eigenvalue weighted by Crippen LogP contribution is 2.31. The van der Waals surface area contributed by atoms with Gasteiger partial charge in [0.25, 0.3) is 0 Å². The number of ether oxygens (including phenoxy) is 1. The largest absolute Gasteiger partial charge is 0.369 e. The van der Waals surface area contributed by atoms with Crippen LogP contribution in [0.3, 0.4) is 0 Å². The van der Waals surface area contributed by atoms with Crippen LogP contribution >= 0.6 is 0 Å². The van der Waals surface area contributed by atoms with Crippen molar-refractivity contribution >= 4 is 17.0 Å². The molecule has 0 amide bonds. The van der Waals surface area contributed by atoms with Gasteiger partial charge in [0.1, 0.15) is 11.4 Å². The van der Waals surface area contributed by atoms with Crippen molar-refractivity contribution in [1.82, 2.24) is 24.5 Å². The van der Waals surface area contributed by atoms with Crippen LogP contribution in [0.25, 0.3) is 33.5 Å². The lowest BCUT2D eigenvalue weighted by molar-refractivity contribution is 0.0693. The highest BCUT2D eigenvalue weighted by atomic mass is 16.5. The molecule has 4 rings (SSSR count). The molecular weight excluding hydrogens is 364 g/mol. The Hall–Kier alpha value is -3.19. The lowest BCUT2D eigenvalue weighted by atomic mass is 10.0. The number of hydrogen-bond donors (Lipinski definition) is 1. The average Bonchev–Trinajstić information content (AvgIpc) is 3.28. The molecule has 0 bridgehead atoms. The minimum Gasteiger partial charge on any atom is -0.369 e. The van der Waals surface area contributed by atoms with Gasteiger partial charge in [0.15, 0.2) is 6.73 Å². The van der Waals surface area contributed by atoms with E-state index in [1.54, 1.807) is 4.80 Å². The molecule has 0 saturated carbocycles. The summed E-state index contributed by atoms with van der Waals surface area (Å²) in [7, 11) is 0. The number of nitrogens with zero attached hydrogens (tertiary/aromatic N) is 5. The minimum absolute atomic E-state index is 0.316. The van der Waals surface area contributed by atoms with E-state index in [-0.39, 0.29) is 0 Å². The van der Waals surface area contributed by atoms with Crippen molar-refractivity contribution in [2.45, 2.75) is 34.0 Å². The van der Waals surface area contributed by atoms with Crippen molar-refractivity contribution in [2.75, 3.05) is 12.3 Å². The molecule has 0 saturated heterocycles. The molecule has 2 aromatic carbocycles. The second kappa shape index (κ2) is 8.05. The zero-order chi connectivity index (χ0) is 20.4. The molecule has 0 radical (unpaired) electrons. The van der Waals surface area contributed by atoms with Crippen molar-refractivity contribution in [3.05, 3.63) is 48.5 Å². The second-order valence-corrected chi connectivity index (χ2v) is 7.44. The monoisotopic (exact) mass is 390 g/mol. The van der Waals surface area contributed by atoms with Gasteiger partial charge in [0.05, 0.1) is 11.0 Å². The summed E-state index contributed by atoms with van der Waals surface area (Å²) in [4.78, 5) is 6.11. The fraction of sp³-hybridized carbons (Fsp3) is 0.318. The molecule has 2 N–H and O–H groups in total. The Morgan fingerprint density at radius 2 is 1.72 bits per heavy atom. The Morgan fingerprint density at radius 3 is 2.41 bits per heavy atom. The number of anilines is 1. The van der Waals surface area contributed by atoms with Crippen LogP contribution in [0.4, 0.5) is 5.95 Å². The molecule has 0 aliphatic rings. The standard InChI is InChI=1S/C22H26N6O/c1-4-29-14-28-25-20(16-8-6-5-7-9-16)21(26-28)17-10-11-18-19(12-17)27(13-15(2)3)22(23)24-18/h5-12,15H,4,13-14H2,1-3H3,(H2,23,24). The number of hydrogen-bond acceptors (Lipinski definition) is 5. The van der Waals surface area contributed by atoms with Crippen LogP contribution in [-0.2, 0) is 18.0 Å². The Kier molecular flexibility index (Phi) is 5.31. The molecule has 0 aliphatic heterocycles. The van der Waals surface area contributed by atoms with Crippen LogP contribution in [0.2, 0.25) is 0 Å². The maximum atomic E-state index is 6.17. The molecule has 2 aromatic heterocycles. The van der Waals surface area contributed by atoms with Gasteiger partial charge in [0.2, 0.25) is 5.95 Å². The smallest absolute Gasteiger partial charge is 0.201 e. The van der Waals surface area contributed by atoms with Gasteiger partial charge in [-0.25, -0.2) is 4.98 Å². The van der Waals surface area contributed by atoms with Gasteiger partial charge in [-0.3, -0.25) is 0 Å². The summed E-state index contributed by atoms with van der Waals surface area (Å²) >= 11 is 0. The van der Waals surface area contributed by atoms with Crippen LogP contribution in [0.5, 0.6) is 0 Å². The summed E-state index contributed by atoms with van der Waals surface area (Å²) in [6.45, 7) is 8.03. The van der Waals surface area contributed by atoms with Gasteiger partial charge in [-0.2, -0.15) is 15.0 Å². The molecule has 0 fully saturated rings. The van der Waals surface area contributed by atoms with Crippen LogP contribution < -0.4 is 5.73 Å². The van der Waals surface area contributed by atoms with Crippen LogP contribution in [0.1, 0.15) is 20.8 Å². The van der Waals surface area contributed by atoms with Crippen LogP contribution in [-0.4, -0.2) is 31.2 Å². The van der Waals surface area contributed by atoms with E-state index in [2.05, 4.69) is 34.6 Å². The first-order chi connectivity index (χ1) is 14.1. The summed E-state index contributed by atoms with van der Waals surface area (Å²) < 4.78 is 7.57. The van der Waals surface area contributed by atoms with E-state index in [9.17, 15) is 0 Å². The number of aromatic nitrogens is 5. The Labute approximate surface area is 170 Å². The summed E-state index contributed by atoms with van der Waals surface area (Å²) in [5, 5.41) is 9.40. The number of benzene rings is 2. The minimum atomic E-state index is 0.316. The first kappa shape index (κ1) is 19.1. The van der Waals surface area contributed by atoms with Gasteiger partial charge >= 0.3 is 0 Å². The predicted molar refractivity (Wildman–Crippen MR) is 115 cm³/mol. The number of rotatable bonds is 7. The zero-order valence-electron chi connectivity index (χ0n) is 17.0. The fourth-order valence-corrected chi connectivity index (χ4v) is 3.41.